The van der Waals surface area contributed by atoms with Crippen LogP contribution in [0.3, 0.4) is 0 Å². The first kappa shape index (κ1) is 13.9. The highest BCUT2D eigenvalue weighted by Crippen LogP contribution is 2.43. The van der Waals surface area contributed by atoms with E-state index < -0.39 is 11.9 Å². The van der Waals surface area contributed by atoms with Crippen LogP contribution in [0.1, 0.15) is 12.5 Å². The van der Waals surface area contributed by atoms with Gasteiger partial charge in [0.05, 0.1) is 7.11 Å². The summed E-state index contributed by atoms with van der Waals surface area (Å²) < 4.78 is 20.3. The zero-order chi connectivity index (χ0) is 14.7. The van der Waals surface area contributed by atoms with Crippen molar-refractivity contribution in [2.75, 3.05) is 13.9 Å². The highest BCUT2D eigenvalue weighted by molar-refractivity contribution is 5.88. The van der Waals surface area contributed by atoms with Crippen molar-refractivity contribution in [2.45, 2.75) is 13.3 Å². The monoisotopic (exact) mass is 278 g/mol. The molecule has 0 saturated carbocycles. The van der Waals surface area contributed by atoms with Crippen molar-refractivity contribution < 1.29 is 28.5 Å². The number of rotatable bonds is 4. The smallest absolute Gasteiger partial charge is 0.333 e. The Balaban J connectivity index is 2.35. The van der Waals surface area contributed by atoms with Crippen LogP contribution in [0.15, 0.2) is 24.3 Å². The molecule has 0 aromatic heterocycles. The summed E-state index contributed by atoms with van der Waals surface area (Å²) in [5.41, 5.74) is 0.847. The molecule has 0 unspecified atom stereocenters. The molecule has 0 radical (unpaired) electrons. The number of benzene rings is 1. The highest BCUT2D eigenvalue weighted by Gasteiger charge is 2.24. The molecular weight excluding hydrogens is 264 g/mol. The van der Waals surface area contributed by atoms with Gasteiger partial charge in [0.15, 0.2) is 11.5 Å². The average molecular weight is 278 g/mol. The van der Waals surface area contributed by atoms with Crippen LogP contribution >= 0.6 is 0 Å². The third kappa shape index (κ3) is 2.74. The number of ether oxygens (including phenoxy) is 4. The summed E-state index contributed by atoms with van der Waals surface area (Å²) in [4.78, 5) is 22.6. The number of hydrogen-bond donors (Lipinski definition) is 0. The zero-order valence-corrected chi connectivity index (χ0v) is 11.2. The molecule has 1 aliphatic heterocycles. The van der Waals surface area contributed by atoms with Crippen LogP contribution in [0, 0.1) is 0 Å². The van der Waals surface area contributed by atoms with Crippen LogP contribution in [0.5, 0.6) is 17.2 Å². The number of carbonyl (C=O) groups excluding carboxylic acids is 2. The van der Waals surface area contributed by atoms with Crippen LogP contribution in [0.25, 0.3) is 0 Å². The molecule has 2 rings (SSSR count). The first-order valence-corrected chi connectivity index (χ1v) is 5.89. The Hall–Kier alpha value is -2.50. The zero-order valence-electron chi connectivity index (χ0n) is 11.2. The van der Waals surface area contributed by atoms with Crippen molar-refractivity contribution in [3.63, 3.8) is 0 Å². The molecule has 0 bridgehead atoms. The molecule has 0 N–H and O–H groups in total. The number of hydrogen-bond acceptors (Lipinski definition) is 6. The van der Waals surface area contributed by atoms with Crippen molar-refractivity contribution in [1.29, 1.82) is 0 Å². The van der Waals surface area contributed by atoms with Gasteiger partial charge in [0.1, 0.15) is 0 Å². The van der Waals surface area contributed by atoms with Crippen LogP contribution in [-0.4, -0.2) is 25.8 Å². The highest BCUT2D eigenvalue weighted by atomic mass is 16.7. The minimum Gasteiger partial charge on any atom is -0.466 e. The average Bonchev–Trinajstić information content (AvgIpc) is 2.88. The summed E-state index contributed by atoms with van der Waals surface area (Å²) in [6.45, 7) is 4.99. The van der Waals surface area contributed by atoms with E-state index in [1.54, 1.807) is 12.1 Å². The molecule has 0 atom stereocenters. The van der Waals surface area contributed by atoms with Gasteiger partial charge in [0.25, 0.3) is 0 Å². The minimum absolute atomic E-state index is 0.0605. The lowest BCUT2D eigenvalue weighted by Gasteiger charge is -2.12. The fourth-order valence-electron chi connectivity index (χ4n) is 1.83. The summed E-state index contributed by atoms with van der Waals surface area (Å²) in [6, 6.07) is 3.38. The van der Waals surface area contributed by atoms with Gasteiger partial charge in [0.2, 0.25) is 12.5 Å². The summed E-state index contributed by atoms with van der Waals surface area (Å²) in [7, 11) is 1.28. The molecule has 1 aromatic carbocycles. The second-order valence-electron chi connectivity index (χ2n) is 4.15. The van der Waals surface area contributed by atoms with Crippen LogP contribution in [0.4, 0.5) is 0 Å². The van der Waals surface area contributed by atoms with E-state index >= 15 is 0 Å². The summed E-state index contributed by atoms with van der Waals surface area (Å²) >= 11 is 0. The number of esters is 2. The van der Waals surface area contributed by atoms with Gasteiger partial charge >= 0.3 is 11.9 Å². The standard InChI is InChI=1S/C14H14O6/c1-8(14(16)17-3)6-10-4-5-11-13(19-7-18-11)12(10)20-9(2)15/h4-5H,1,6-7H2,2-3H3. The van der Waals surface area contributed by atoms with Crippen molar-refractivity contribution >= 4 is 11.9 Å². The molecular formula is C14H14O6. The molecule has 106 valence electrons. The predicted molar refractivity (Wildman–Crippen MR) is 68.7 cm³/mol. The lowest BCUT2D eigenvalue weighted by Crippen LogP contribution is -2.09. The van der Waals surface area contributed by atoms with Crippen molar-refractivity contribution in [3.05, 3.63) is 29.8 Å². The fraction of sp³-hybridized carbons (Fsp3) is 0.286. The Bertz CT molecular complexity index is 575. The van der Waals surface area contributed by atoms with Crippen LogP contribution < -0.4 is 14.2 Å². The molecule has 1 aliphatic rings. The predicted octanol–water partition coefficient (Wildman–Crippen LogP) is 1.61. The Kier molecular flexibility index (Phi) is 3.93. The molecule has 6 nitrogen and oxygen atoms in total. The van der Waals surface area contributed by atoms with Gasteiger partial charge in [-0.25, -0.2) is 4.79 Å². The SMILES string of the molecule is C=C(Cc1ccc2c(c1OC(C)=O)OCO2)C(=O)OC. The fourth-order valence-corrected chi connectivity index (χ4v) is 1.83. The van der Waals surface area contributed by atoms with Gasteiger partial charge in [-0.15, -0.1) is 0 Å². The maximum Gasteiger partial charge on any atom is 0.333 e. The summed E-state index contributed by atoms with van der Waals surface area (Å²) in [6.07, 6.45) is 0.186. The van der Waals surface area contributed by atoms with E-state index in [0.717, 1.165) is 0 Å². The number of fused-ring (bicyclic) bond motifs is 1. The summed E-state index contributed by atoms with van der Waals surface area (Å²) in [5.74, 6) is 0.0943. The second-order valence-corrected chi connectivity index (χ2v) is 4.15. The van der Waals surface area contributed by atoms with Crippen LogP contribution in [-0.2, 0) is 20.7 Å². The molecule has 0 aliphatic carbocycles. The molecule has 1 aromatic rings. The first-order valence-electron chi connectivity index (χ1n) is 5.89. The third-order valence-corrected chi connectivity index (χ3v) is 2.70. The number of carbonyl (C=O) groups is 2. The second kappa shape index (κ2) is 5.64. The van der Waals surface area contributed by atoms with E-state index in [9.17, 15) is 9.59 Å². The third-order valence-electron chi connectivity index (χ3n) is 2.70. The van der Waals surface area contributed by atoms with Gasteiger partial charge in [-0.2, -0.15) is 0 Å². The first-order chi connectivity index (χ1) is 9.52. The van der Waals surface area contributed by atoms with Gasteiger partial charge in [-0.05, 0) is 6.07 Å². The quantitative estimate of drug-likeness (QED) is 0.473. The molecule has 0 amide bonds. The van der Waals surface area contributed by atoms with Crippen molar-refractivity contribution in [1.82, 2.24) is 0 Å². The van der Waals surface area contributed by atoms with Crippen molar-refractivity contribution in [3.8, 4) is 17.2 Å². The van der Waals surface area contributed by atoms with Crippen molar-refractivity contribution in [2.24, 2.45) is 0 Å². The van der Waals surface area contributed by atoms with E-state index in [1.165, 1.54) is 14.0 Å². The van der Waals surface area contributed by atoms with E-state index in [1.807, 2.05) is 0 Å². The molecule has 0 fully saturated rings. The molecule has 6 heteroatoms. The topological polar surface area (TPSA) is 71.1 Å². The van der Waals surface area contributed by atoms with E-state index in [0.29, 0.717) is 17.1 Å². The van der Waals surface area contributed by atoms with Gasteiger partial charge in [-0.3, -0.25) is 4.79 Å². The Morgan fingerprint density at radius 3 is 2.75 bits per heavy atom. The maximum absolute atomic E-state index is 11.4. The van der Waals surface area contributed by atoms with Gasteiger partial charge in [0, 0.05) is 24.5 Å². The van der Waals surface area contributed by atoms with Crippen LogP contribution in [0.2, 0.25) is 0 Å². The molecule has 20 heavy (non-hydrogen) atoms. The maximum atomic E-state index is 11.4. The minimum atomic E-state index is -0.517. The lowest BCUT2D eigenvalue weighted by atomic mass is 10.0. The lowest BCUT2D eigenvalue weighted by molar-refractivity contribution is -0.136. The molecule has 0 saturated heterocycles. The summed E-state index contributed by atoms with van der Waals surface area (Å²) in [5, 5.41) is 0. The normalized spacial score (nSPS) is 11.9. The Morgan fingerprint density at radius 1 is 1.35 bits per heavy atom. The van der Waals surface area contributed by atoms with E-state index in [-0.39, 0.29) is 24.5 Å². The van der Waals surface area contributed by atoms with Gasteiger partial charge in [-0.1, -0.05) is 12.6 Å². The molecule has 1 heterocycles. The Labute approximate surface area is 115 Å². The molecule has 0 spiro atoms. The van der Waals surface area contributed by atoms with E-state index in [2.05, 4.69) is 11.3 Å². The Morgan fingerprint density at radius 2 is 2.10 bits per heavy atom. The number of methoxy groups -OCH3 is 1. The largest absolute Gasteiger partial charge is 0.466 e. The van der Waals surface area contributed by atoms with E-state index in [4.69, 9.17) is 14.2 Å². The van der Waals surface area contributed by atoms with Gasteiger partial charge < -0.3 is 18.9 Å².